The molecule has 23 heavy (non-hydrogen) atoms. The van der Waals surface area contributed by atoms with E-state index in [0.717, 1.165) is 6.42 Å². The molecule has 0 bridgehead atoms. The number of amides is 2. The number of hydrogen-bond acceptors (Lipinski definition) is 2. The Labute approximate surface area is 137 Å². The van der Waals surface area contributed by atoms with Gasteiger partial charge in [0.1, 0.15) is 0 Å². The molecule has 2 N–H and O–H groups in total. The van der Waals surface area contributed by atoms with Crippen LogP contribution in [0.15, 0.2) is 18.2 Å². The molecule has 5 nitrogen and oxygen atoms in total. The number of benzene rings is 1. The number of nitrogens with zero attached hydrogens (tertiary/aromatic N) is 1. The maximum atomic E-state index is 12.3. The van der Waals surface area contributed by atoms with Crippen molar-refractivity contribution in [1.29, 1.82) is 0 Å². The van der Waals surface area contributed by atoms with E-state index in [9.17, 15) is 9.59 Å². The van der Waals surface area contributed by atoms with E-state index in [4.69, 9.17) is 5.11 Å². The molecule has 1 aliphatic heterocycles. The molecule has 2 rings (SSSR count). The third-order valence-corrected chi connectivity index (χ3v) is 4.53. The van der Waals surface area contributed by atoms with Gasteiger partial charge in [-0.15, -0.1) is 0 Å². The summed E-state index contributed by atoms with van der Waals surface area (Å²) < 4.78 is 0. The van der Waals surface area contributed by atoms with E-state index < -0.39 is 5.97 Å². The SMILES string of the molecule is Cc1ccc(CC(C)NC(=O)N2CCC(C(=O)O)CC2)c(C)c1. The van der Waals surface area contributed by atoms with Gasteiger partial charge in [-0.25, -0.2) is 4.79 Å². The van der Waals surface area contributed by atoms with Crippen molar-refractivity contribution in [3.05, 3.63) is 34.9 Å². The van der Waals surface area contributed by atoms with E-state index in [-0.39, 0.29) is 18.0 Å². The molecule has 1 saturated heterocycles. The maximum absolute atomic E-state index is 12.3. The predicted octanol–water partition coefficient (Wildman–Crippen LogP) is 2.74. The summed E-state index contributed by atoms with van der Waals surface area (Å²) in [6.07, 6.45) is 1.87. The molecule has 1 aromatic rings. The van der Waals surface area contributed by atoms with Gasteiger partial charge in [0.25, 0.3) is 0 Å². The van der Waals surface area contributed by atoms with Gasteiger partial charge in [-0.3, -0.25) is 4.79 Å². The molecular weight excluding hydrogens is 292 g/mol. The number of hydrogen-bond donors (Lipinski definition) is 2. The summed E-state index contributed by atoms with van der Waals surface area (Å²) in [5.74, 6) is -1.07. The van der Waals surface area contributed by atoms with Crippen molar-refractivity contribution in [2.24, 2.45) is 5.92 Å². The molecule has 126 valence electrons. The predicted molar refractivity (Wildman–Crippen MR) is 89.5 cm³/mol. The number of aliphatic carboxylic acids is 1. The van der Waals surface area contributed by atoms with Crippen LogP contribution in [-0.2, 0) is 11.2 Å². The Balaban J connectivity index is 1.84. The Morgan fingerprint density at radius 2 is 1.96 bits per heavy atom. The van der Waals surface area contributed by atoms with Crippen LogP contribution in [0.5, 0.6) is 0 Å². The summed E-state index contributed by atoms with van der Waals surface area (Å²) in [5, 5.41) is 12.0. The van der Waals surface area contributed by atoms with Crippen molar-refractivity contribution in [1.82, 2.24) is 10.2 Å². The molecule has 1 unspecified atom stereocenters. The van der Waals surface area contributed by atoms with Crippen molar-refractivity contribution in [3.63, 3.8) is 0 Å². The zero-order valence-electron chi connectivity index (χ0n) is 14.1. The molecule has 0 spiro atoms. The van der Waals surface area contributed by atoms with Crippen molar-refractivity contribution in [3.8, 4) is 0 Å². The van der Waals surface area contributed by atoms with Gasteiger partial charge in [-0.1, -0.05) is 23.8 Å². The van der Waals surface area contributed by atoms with Crippen LogP contribution in [0.4, 0.5) is 4.79 Å². The molecule has 0 radical (unpaired) electrons. The Morgan fingerprint density at radius 3 is 2.52 bits per heavy atom. The number of nitrogens with one attached hydrogen (secondary N) is 1. The summed E-state index contributed by atoms with van der Waals surface area (Å²) in [6, 6.07) is 6.31. The molecule has 0 aromatic heterocycles. The molecule has 0 aliphatic carbocycles. The first-order chi connectivity index (χ1) is 10.9. The minimum Gasteiger partial charge on any atom is -0.481 e. The number of carboxylic acid groups (broad SMARTS) is 1. The van der Waals surface area contributed by atoms with E-state index in [2.05, 4.69) is 37.4 Å². The van der Waals surface area contributed by atoms with Gasteiger partial charge in [-0.2, -0.15) is 0 Å². The van der Waals surface area contributed by atoms with Gasteiger partial charge >= 0.3 is 12.0 Å². The van der Waals surface area contributed by atoms with Gasteiger partial charge in [0.2, 0.25) is 0 Å². The van der Waals surface area contributed by atoms with Gasteiger partial charge in [0.05, 0.1) is 5.92 Å². The molecule has 1 fully saturated rings. The van der Waals surface area contributed by atoms with Gasteiger partial charge < -0.3 is 15.3 Å². The molecule has 5 heteroatoms. The van der Waals surface area contributed by atoms with Crippen LogP contribution in [0.2, 0.25) is 0 Å². The molecular formula is C18H26N2O3. The van der Waals surface area contributed by atoms with Crippen molar-refractivity contribution in [2.45, 2.75) is 46.1 Å². The second-order valence-corrected chi connectivity index (χ2v) is 6.58. The summed E-state index contributed by atoms with van der Waals surface area (Å²) in [4.78, 5) is 25.0. The lowest BCUT2D eigenvalue weighted by Gasteiger charge is -2.31. The van der Waals surface area contributed by atoms with Gasteiger partial charge in [-0.05, 0) is 51.2 Å². The number of urea groups is 1. The number of rotatable bonds is 4. The fourth-order valence-corrected chi connectivity index (χ4v) is 3.09. The van der Waals surface area contributed by atoms with Gasteiger partial charge in [0.15, 0.2) is 0 Å². The van der Waals surface area contributed by atoms with Crippen LogP contribution in [0.3, 0.4) is 0 Å². The Morgan fingerprint density at radius 1 is 1.30 bits per heavy atom. The average Bonchev–Trinajstić information content (AvgIpc) is 2.50. The smallest absolute Gasteiger partial charge is 0.317 e. The number of likely N-dealkylation sites (tertiary alicyclic amines) is 1. The van der Waals surface area contributed by atoms with Crippen LogP contribution in [-0.4, -0.2) is 41.1 Å². The first-order valence-corrected chi connectivity index (χ1v) is 8.21. The zero-order chi connectivity index (χ0) is 17.0. The summed E-state index contributed by atoms with van der Waals surface area (Å²) in [5.41, 5.74) is 3.73. The summed E-state index contributed by atoms with van der Waals surface area (Å²) >= 11 is 0. The molecule has 1 aliphatic rings. The number of carboxylic acids is 1. The Hall–Kier alpha value is -2.04. The van der Waals surface area contributed by atoms with Crippen LogP contribution in [0.1, 0.15) is 36.5 Å². The van der Waals surface area contributed by atoms with Crippen molar-refractivity contribution >= 4 is 12.0 Å². The number of piperidine rings is 1. The number of carbonyl (C=O) groups is 2. The number of carbonyl (C=O) groups excluding carboxylic acids is 1. The fraction of sp³-hybridized carbons (Fsp3) is 0.556. The highest BCUT2D eigenvalue weighted by Gasteiger charge is 2.27. The topological polar surface area (TPSA) is 69.6 Å². The fourth-order valence-electron chi connectivity index (χ4n) is 3.09. The second kappa shape index (κ2) is 7.49. The van der Waals surface area contributed by atoms with Crippen LogP contribution in [0.25, 0.3) is 0 Å². The van der Waals surface area contributed by atoms with Gasteiger partial charge in [0, 0.05) is 19.1 Å². The van der Waals surface area contributed by atoms with E-state index in [1.165, 1.54) is 16.7 Å². The standard InChI is InChI=1S/C18H26N2O3/c1-12-4-5-16(13(2)10-12)11-14(3)19-18(23)20-8-6-15(7-9-20)17(21)22/h4-5,10,14-15H,6-9,11H2,1-3H3,(H,19,23)(H,21,22). The Bertz CT molecular complexity index is 578. The molecule has 1 heterocycles. The lowest BCUT2D eigenvalue weighted by molar-refractivity contribution is -0.143. The zero-order valence-corrected chi connectivity index (χ0v) is 14.1. The average molecular weight is 318 g/mol. The highest BCUT2D eigenvalue weighted by molar-refractivity contribution is 5.75. The Kier molecular flexibility index (Phi) is 5.64. The van der Waals surface area contributed by atoms with Crippen molar-refractivity contribution in [2.75, 3.05) is 13.1 Å². The highest BCUT2D eigenvalue weighted by Crippen LogP contribution is 2.18. The quantitative estimate of drug-likeness (QED) is 0.897. The van der Waals surface area contributed by atoms with E-state index in [1.807, 2.05) is 6.92 Å². The van der Waals surface area contributed by atoms with Crippen molar-refractivity contribution < 1.29 is 14.7 Å². The highest BCUT2D eigenvalue weighted by atomic mass is 16.4. The lowest BCUT2D eigenvalue weighted by atomic mass is 9.97. The van der Waals surface area contributed by atoms with E-state index in [1.54, 1.807) is 4.90 Å². The third-order valence-electron chi connectivity index (χ3n) is 4.53. The lowest BCUT2D eigenvalue weighted by Crippen LogP contribution is -2.48. The first kappa shape index (κ1) is 17.3. The maximum Gasteiger partial charge on any atom is 0.317 e. The summed E-state index contributed by atoms with van der Waals surface area (Å²) in [7, 11) is 0. The normalized spacial score (nSPS) is 16.9. The first-order valence-electron chi connectivity index (χ1n) is 8.21. The third kappa shape index (κ3) is 4.71. The number of aryl methyl sites for hydroxylation is 2. The second-order valence-electron chi connectivity index (χ2n) is 6.58. The molecule has 2 amide bonds. The minimum absolute atomic E-state index is 0.0427. The molecule has 1 atom stereocenters. The van der Waals surface area contributed by atoms with Crippen LogP contribution in [0, 0.1) is 19.8 Å². The van der Waals surface area contributed by atoms with E-state index in [0.29, 0.717) is 25.9 Å². The molecule has 1 aromatic carbocycles. The van der Waals surface area contributed by atoms with E-state index >= 15 is 0 Å². The minimum atomic E-state index is -0.756. The van der Waals surface area contributed by atoms with Crippen LogP contribution < -0.4 is 5.32 Å². The monoisotopic (exact) mass is 318 g/mol. The van der Waals surface area contributed by atoms with Crippen LogP contribution >= 0.6 is 0 Å². The summed E-state index contributed by atoms with van der Waals surface area (Å²) in [6.45, 7) is 7.19. The molecule has 0 saturated carbocycles. The largest absolute Gasteiger partial charge is 0.481 e.